The van der Waals surface area contributed by atoms with Gasteiger partial charge in [-0.15, -0.1) is 0 Å². The zero-order valence-electron chi connectivity index (χ0n) is 15.5. The first-order valence-corrected chi connectivity index (χ1v) is 8.95. The van der Waals surface area contributed by atoms with E-state index < -0.39 is 5.91 Å². The van der Waals surface area contributed by atoms with Gasteiger partial charge in [0.2, 0.25) is 5.91 Å². The van der Waals surface area contributed by atoms with Crippen LogP contribution in [0.15, 0.2) is 65.7 Å². The molecule has 8 heteroatoms. The van der Waals surface area contributed by atoms with Gasteiger partial charge in [-0.25, -0.2) is 9.37 Å². The van der Waals surface area contributed by atoms with Crippen LogP contribution < -0.4 is 16.6 Å². The summed E-state index contributed by atoms with van der Waals surface area (Å²) in [5.74, 6) is -1.28. The number of rotatable bonds is 7. The topological polar surface area (TPSA) is 107 Å². The van der Waals surface area contributed by atoms with Gasteiger partial charge in [0.1, 0.15) is 5.82 Å². The van der Waals surface area contributed by atoms with E-state index in [1.165, 1.54) is 35.2 Å². The van der Waals surface area contributed by atoms with Crippen LogP contribution in [-0.2, 0) is 11.3 Å². The number of nitrogens with two attached hydrogens (primary N) is 1. The summed E-state index contributed by atoms with van der Waals surface area (Å²) in [6.45, 7) is 0.306. The fourth-order valence-electron chi connectivity index (χ4n) is 2.80. The number of nitrogens with zero attached hydrogens (tertiary/aromatic N) is 2. The number of hydrogen-bond acceptors (Lipinski definition) is 4. The number of amides is 2. The zero-order chi connectivity index (χ0) is 20.8. The molecule has 0 spiro atoms. The van der Waals surface area contributed by atoms with Gasteiger partial charge in [0.15, 0.2) is 0 Å². The van der Waals surface area contributed by atoms with Gasteiger partial charge >= 0.3 is 0 Å². The van der Waals surface area contributed by atoms with Crippen LogP contribution in [0.5, 0.6) is 0 Å². The first-order chi connectivity index (χ1) is 13.9. The fourth-order valence-corrected chi connectivity index (χ4v) is 2.80. The molecule has 3 N–H and O–H groups in total. The average molecular weight is 394 g/mol. The number of benzene rings is 2. The van der Waals surface area contributed by atoms with Gasteiger partial charge in [-0.05, 0) is 42.8 Å². The van der Waals surface area contributed by atoms with Gasteiger partial charge in [-0.1, -0.05) is 12.1 Å². The Morgan fingerprint density at radius 2 is 1.83 bits per heavy atom. The number of aromatic nitrogens is 2. The Labute approximate surface area is 166 Å². The minimum Gasteiger partial charge on any atom is -0.366 e. The number of carbonyl (C=O) groups excluding carboxylic acids is 2. The summed E-state index contributed by atoms with van der Waals surface area (Å²) in [6, 6.07) is 13.6. The number of aryl methyl sites for hydroxylation is 1. The molecule has 0 unspecified atom stereocenters. The average Bonchev–Trinajstić information content (AvgIpc) is 2.70. The molecule has 29 heavy (non-hydrogen) atoms. The molecule has 0 bridgehead atoms. The molecule has 0 radical (unpaired) electrons. The molecular weight excluding hydrogens is 375 g/mol. The first-order valence-electron chi connectivity index (χ1n) is 8.95. The summed E-state index contributed by atoms with van der Waals surface area (Å²) in [6.07, 6.45) is 1.96. The van der Waals surface area contributed by atoms with Crippen LogP contribution in [0, 0.1) is 5.82 Å². The molecule has 148 valence electrons. The highest BCUT2D eigenvalue weighted by Gasteiger charge is 2.10. The van der Waals surface area contributed by atoms with Crippen molar-refractivity contribution in [3.8, 4) is 11.3 Å². The second-order valence-electron chi connectivity index (χ2n) is 6.37. The largest absolute Gasteiger partial charge is 0.366 e. The molecule has 0 atom stereocenters. The molecule has 0 aliphatic rings. The summed E-state index contributed by atoms with van der Waals surface area (Å²) in [7, 11) is 0. The maximum Gasteiger partial charge on any atom is 0.253 e. The number of anilines is 1. The molecule has 1 aromatic heterocycles. The smallest absolute Gasteiger partial charge is 0.253 e. The molecular formula is C21H19FN4O3. The Hall–Kier alpha value is -3.81. The number of halogens is 1. The third kappa shape index (κ3) is 5.13. The molecule has 2 aromatic carbocycles. The predicted octanol–water partition coefficient (Wildman–Crippen LogP) is 2.57. The summed E-state index contributed by atoms with van der Waals surface area (Å²) >= 11 is 0. The monoisotopic (exact) mass is 394 g/mol. The van der Waals surface area contributed by atoms with Gasteiger partial charge in [0.05, 0.1) is 23.3 Å². The molecule has 3 aromatic rings. The summed E-state index contributed by atoms with van der Waals surface area (Å²) in [5.41, 5.74) is 6.71. The van der Waals surface area contributed by atoms with Crippen LogP contribution in [0.4, 0.5) is 10.1 Å². The van der Waals surface area contributed by atoms with Crippen molar-refractivity contribution in [1.82, 2.24) is 9.55 Å². The van der Waals surface area contributed by atoms with Gasteiger partial charge in [0.25, 0.3) is 11.5 Å². The van der Waals surface area contributed by atoms with E-state index in [0.717, 1.165) is 0 Å². The van der Waals surface area contributed by atoms with Crippen LogP contribution >= 0.6 is 0 Å². The van der Waals surface area contributed by atoms with E-state index in [2.05, 4.69) is 10.3 Å². The summed E-state index contributed by atoms with van der Waals surface area (Å²) in [5, 5.41) is 2.65. The fraction of sp³-hybridized carbons (Fsp3) is 0.143. The van der Waals surface area contributed by atoms with Crippen molar-refractivity contribution < 1.29 is 14.0 Å². The highest BCUT2D eigenvalue weighted by atomic mass is 19.1. The molecule has 2 amide bonds. The maximum absolute atomic E-state index is 13.0. The Morgan fingerprint density at radius 3 is 2.52 bits per heavy atom. The molecule has 7 nitrogen and oxygen atoms in total. The van der Waals surface area contributed by atoms with E-state index in [9.17, 15) is 18.8 Å². The maximum atomic E-state index is 13.0. The van der Waals surface area contributed by atoms with E-state index >= 15 is 0 Å². The highest BCUT2D eigenvalue weighted by molar-refractivity contribution is 6.02. The lowest BCUT2D eigenvalue weighted by Gasteiger charge is -2.09. The summed E-state index contributed by atoms with van der Waals surface area (Å²) < 4.78 is 14.4. The van der Waals surface area contributed by atoms with Crippen LogP contribution in [0.1, 0.15) is 23.2 Å². The minimum absolute atomic E-state index is 0.152. The standard InChI is InChI=1S/C21H19FN4O3/c22-15-9-7-14(8-10-15)18-12-20(28)26(13-24-18)11-3-6-19(27)25-17-5-2-1-4-16(17)21(23)29/h1-2,4-5,7-10,12-13H,3,6,11H2,(H2,23,29)(H,25,27). The van der Waals surface area contributed by atoms with Crippen molar-refractivity contribution in [2.45, 2.75) is 19.4 Å². The number of nitrogens with one attached hydrogen (secondary N) is 1. The number of para-hydroxylation sites is 1. The van der Waals surface area contributed by atoms with Crippen molar-refractivity contribution >= 4 is 17.5 Å². The first kappa shape index (κ1) is 19.9. The molecule has 0 fully saturated rings. The Kier molecular flexibility index (Phi) is 6.13. The quantitative estimate of drug-likeness (QED) is 0.642. The van der Waals surface area contributed by atoms with Crippen molar-refractivity contribution in [3.63, 3.8) is 0 Å². The molecule has 0 aliphatic carbocycles. The molecule has 0 saturated carbocycles. The van der Waals surface area contributed by atoms with E-state index in [0.29, 0.717) is 29.9 Å². The lowest BCUT2D eigenvalue weighted by molar-refractivity contribution is -0.116. The number of carbonyl (C=O) groups is 2. The number of primary amides is 1. The van der Waals surface area contributed by atoms with E-state index in [4.69, 9.17) is 5.73 Å². The molecule has 0 saturated heterocycles. The third-order valence-corrected chi connectivity index (χ3v) is 4.29. The van der Waals surface area contributed by atoms with Crippen LogP contribution in [-0.4, -0.2) is 21.4 Å². The van der Waals surface area contributed by atoms with Crippen molar-refractivity contribution in [1.29, 1.82) is 0 Å². The van der Waals surface area contributed by atoms with E-state index in [-0.39, 0.29) is 29.3 Å². The van der Waals surface area contributed by atoms with Crippen molar-refractivity contribution in [3.05, 3.63) is 82.7 Å². The molecule has 3 rings (SSSR count). The summed E-state index contributed by atoms with van der Waals surface area (Å²) in [4.78, 5) is 40.0. The second-order valence-corrected chi connectivity index (χ2v) is 6.37. The van der Waals surface area contributed by atoms with Gasteiger partial charge in [0, 0.05) is 24.6 Å². The van der Waals surface area contributed by atoms with Gasteiger partial charge < -0.3 is 11.1 Å². The molecule has 1 heterocycles. The van der Waals surface area contributed by atoms with Gasteiger partial charge in [-0.2, -0.15) is 0 Å². The zero-order valence-corrected chi connectivity index (χ0v) is 15.5. The lowest BCUT2D eigenvalue weighted by Crippen LogP contribution is -2.21. The van der Waals surface area contributed by atoms with Crippen molar-refractivity contribution in [2.24, 2.45) is 5.73 Å². The van der Waals surface area contributed by atoms with Gasteiger partial charge in [-0.3, -0.25) is 19.0 Å². The minimum atomic E-state index is -0.625. The Morgan fingerprint density at radius 1 is 1.10 bits per heavy atom. The van der Waals surface area contributed by atoms with E-state index in [1.807, 2.05) is 0 Å². The van der Waals surface area contributed by atoms with Crippen molar-refractivity contribution in [2.75, 3.05) is 5.32 Å². The lowest BCUT2D eigenvalue weighted by atomic mass is 10.1. The third-order valence-electron chi connectivity index (χ3n) is 4.29. The van der Waals surface area contributed by atoms with Crippen LogP contribution in [0.3, 0.4) is 0 Å². The second kappa shape index (κ2) is 8.92. The normalized spacial score (nSPS) is 10.5. The SMILES string of the molecule is NC(=O)c1ccccc1NC(=O)CCCn1cnc(-c2ccc(F)cc2)cc1=O. The van der Waals surface area contributed by atoms with E-state index in [1.54, 1.807) is 30.3 Å². The van der Waals surface area contributed by atoms with Crippen LogP contribution in [0.25, 0.3) is 11.3 Å². The Bertz CT molecular complexity index is 1090. The van der Waals surface area contributed by atoms with Crippen LogP contribution in [0.2, 0.25) is 0 Å². The molecule has 0 aliphatic heterocycles. The highest BCUT2D eigenvalue weighted by Crippen LogP contribution is 2.16. The Balaban J connectivity index is 1.58. The predicted molar refractivity (Wildman–Crippen MR) is 107 cm³/mol. The number of hydrogen-bond donors (Lipinski definition) is 2.